The monoisotopic (exact) mass is 294 g/mol. The highest BCUT2D eigenvalue weighted by molar-refractivity contribution is 5.89. The lowest BCUT2D eigenvalue weighted by Crippen LogP contribution is -2.36. The molecule has 0 heterocycles. The molecule has 1 aromatic rings. The molecule has 0 radical (unpaired) electrons. The van der Waals surface area contributed by atoms with Crippen molar-refractivity contribution in [1.29, 1.82) is 0 Å². The van der Waals surface area contributed by atoms with Gasteiger partial charge in [0.05, 0.1) is 12.7 Å². The first-order valence-electron chi connectivity index (χ1n) is 7.46. The average Bonchev–Trinajstić information content (AvgIpc) is 2.48. The number of hydrogen-bond acceptors (Lipinski definition) is 3. The minimum atomic E-state index is -0.693. The number of ether oxygens (including phenoxy) is 1. The Hall–Kier alpha value is -1.59. The smallest absolute Gasteiger partial charge is 0.319 e. The highest BCUT2D eigenvalue weighted by atomic mass is 16.5. The van der Waals surface area contributed by atoms with E-state index in [0.29, 0.717) is 0 Å². The molecule has 3 N–H and O–H groups in total. The molecule has 0 aliphatic carbocycles. The van der Waals surface area contributed by atoms with Crippen molar-refractivity contribution in [2.24, 2.45) is 0 Å². The summed E-state index contributed by atoms with van der Waals surface area (Å²) in [7, 11) is 1.51. The molecule has 1 rings (SSSR count). The van der Waals surface area contributed by atoms with Gasteiger partial charge < -0.3 is 20.5 Å². The second-order valence-corrected chi connectivity index (χ2v) is 5.10. The molecule has 2 amide bonds. The van der Waals surface area contributed by atoms with Crippen molar-refractivity contribution >= 4 is 11.7 Å². The van der Waals surface area contributed by atoms with Gasteiger partial charge in [0, 0.05) is 19.3 Å². The fourth-order valence-electron chi connectivity index (χ4n) is 1.97. The lowest BCUT2D eigenvalue weighted by molar-refractivity contribution is 0.0663. The number of hydrogen-bond donors (Lipinski definition) is 3. The van der Waals surface area contributed by atoms with Crippen LogP contribution in [0.25, 0.3) is 0 Å². The molecule has 21 heavy (non-hydrogen) atoms. The highest BCUT2D eigenvalue weighted by Crippen LogP contribution is 2.12. The van der Waals surface area contributed by atoms with Gasteiger partial charge in [-0.1, -0.05) is 31.9 Å². The number of aliphatic hydroxyl groups excluding tert-OH is 1. The van der Waals surface area contributed by atoms with Gasteiger partial charge in [-0.3, -0.25) is 0 Å². The number of aliphatic hydroxyl groups is 1. The topological polar surface area (TPSA) is 70.6 Å². The number of rotatable bonds is 9. The van der Waals surface area contributed by atoms with Crippen LogP contribution in [0, 0.1) is 0 Å². The Kier molecular flexibility index (Phi) is 8.47. The molecule has 1 aromatic carbocycles. The molecule has 1 atom stereocenters. The van der Waals surface area contributed by atoms with Crippen LogP contribution in [0.4, 0.5) is 10.5 Å². The van der Waals surface area contributed by atoms with Crippen molar-refractivity contribution in [2.75, 3.05) is 25.6 Å². The van der Waals surface area contributed by atoms with Crippen LogP contribution in [-0.2, 0) is 11.2 Å². The van der Waals surface area contributed by atoms with Gasteiger partial charge in [-0.15, -0.1) is 0 Å². The number of unbranched alkanes of at least 4 members (excludes halogenated alkanes) is 2. The molecule has 0 aliphatic heterocycles. The molecule has 118 valence electrons. The molecule has 0 bridgehead atoms. The summed E-state index contributed by atoms with van der Waals surface area (Å²) in [6.07, 6.45) is 4.03. The number of urea groups is 1. The normalized spacial score (nSPS) is 12.0. The van der Waals surface area contributed by atoms with Crippen LogP contribution in [0.3, 0.4) is 0 Å². The Morgan fingerprint density at radius 3 is 2.62 bits per heavy atom. The van der Waals surface area contributed by atoms with E-state index in [2.05, 4.69) is 17.6 Å². The molecule has 0 aliphatic rings. The molecule has 0 aromatic heterocycles. The van der Waals surface area contributed by atoms with Crippen molar-refractivity contribution < 1.29 is 14.6 Å². The van der Waals surface area contributed by atoms with Crippen LogP contribution in [0.1, 0.15) is 31.7 Å². The van der Waals surface area contributed by atoms with Gasteiger partial charge in [0.2, 0.25) is 0 Å². The molecule has 0 spiro atoms. The Morgan fingerprint density at radius 2 is 2.00 bits per heavy atom. The van der Waals surface area contributed by atoms with Gasteiger partial charge in [0.15, 0.2) is 0 Å². The summed E-state index contributed by atoms with van der Waals surface area (Å²) in [6.45, 7) is 2.55. The first kappa shape index (κ1) is 17.5. The van der Waals surface area contributed by atoms with E-state index in [1.165, 1.54) is 31.9 Å². The molecule has 0 saturated heterocycles. The van der Waals surface area contributed by atoms with Crippen LogP contribution in [0.5, 0.6) is 0 Å². The zero-order valence-electron chi connectivity index (χ0n) is 12.9. The van der Waals surface area contributed by atoms with Crippen molar-refractivity contribution in [3.8, 4) is 0 Å². The molecule has 1 unspecified atom stereocenters. The number of anilines is 1. The van der Waals surface area contributed by atoms with E-state index in [9.17, 15) is 9.90 Å². The summed E-state index contributed by atoms with van der Waals surface area (Å²) >= 11 is 0. The number of carbonyl (C=O) groups excluding carboxylic acids is 1. The average molecular weight is 294 g/mol. The summed E-state index contributed by atoms with van der Waals surface area (Å²) < 4.78 is 4.79. The summed E-state index contributed by atoms with van der Waals surface area (Å²) in [4.78, 5) is 11.6. The van der Waals surface area contributed by atoms with Gasteiger partial charge in [-0.25, -0.2) is 4.79 Å². The predicted octanol–water partition coefficient (Wildman–Crippen LogP) is 2.55. The van der Waals surface area contributed by atoms with Gasteiger partial charge >= 0.3 is 6.03 Å². The molecule has 0 saturated carbocycles. The van der Waals surface area contributed by atoms with Gasteiger partial charge in [0.1, 0.15) is 0 Å². The number of carbonyl (C=O) groups is 1. The summed E-state index contributed by atoms with van der Waals surface area (Å²) in [5.74, 6) is 0. The maximum atomic E-state index is 11.6. The van der Waals surface area contributed by atoms with Crippen LogP contribution in [0.2, 0.25) is 0 Å². The molecule has 5 nitrogen and oxygen atoms in total. The molecule has 5 heteroatoms. The maximum Gasteiger partial charge on any atom is 0.319 e. The third-order valence-electron chi connectivity index (χ3n) is 3.14. The van der Waals surface area contributed by atoms with Crippen molar-refractivity contribution in [1.82, 2.24) is 5.32 Å². The zero-order valence-corrected chi connectivity index (χ0v) is 12.9. The Labute approximate surface area is 126 Å². The van der Waals surface area contributed by atoms with Gasteiger partial charge in [-0.2, -0.15) is 0 Å². The number of nitrogens with one attached hydrogen (secondary N) is 2. The van der Waals surface area contributed by atoms with Crippen LogP contribution >= 0.6 is 0 Å². The highest BCUT2D eigenvalue weighted by Gasteiger charge is 2.06. The number of aryl methyl sites for hydroxylation is 1. The van der Waals surface area contributed by atoms with Crippen LogP contribution in [0.15, 0.2) is 24.3 Å². The van der Waals surface area contributed by atoms with Crippen molar-refractivity contribution in [3.63, 3.8) is 0 Å². The first-order chi connectivity index (χ1) is 10.2. The Balaban J connectivity index is 2.32. The van der Waals surface area contributed by atoms with E-state index in [0.717, 1.165) is 12.1 Å². The molecular formula is C16H26N2O3. The number of methoxy groups -OCH3 is 1. The molecular weight excluding hydrogens is 268 g/mol. The second-order valence-electron chi connectivity index (χ2n) is 5.10. The lowest BCUT2D eigenvalue weighted by atomic mass is 10.1. The van der Waals surface area contributed by atoms with E-state index in [4.69, 9.17) is 4.74 Å². The molecule has 0 fully saturated rings. The zero-order chi connectivity index (χ0) is 15.5. The Morgan fingerprint density at radius 1 is 1.29 bits per heavy atom. The van der Waals surface area contributed by atoms with E-state index >= 15 is 0 Å². The third-order valence-corrected chi connectivity index (χ3v) is 3.14. The van der Waals surface area contributed by atoms with Crippen molar-refractivity contribution in [2.45, 2.75) is 38.7 Å². The van der Waals surface area contributed by atoms with Gasteiger partial charge in [-0.05, 0) is 30.5 Å². The second kappa shape index (κ2) is 10.2. The van der Waals surface area contributed by atoms with E-state index < -0.39 is 6.10 Å². The lowest BCUT2D eigenvalue weighted by Gasteiger charge is -2.12. The summed E-state index contributed by atoms with van der Waals surface area (Å²) in [5, 5.41) is 14.8. The largest absolute Gasteiger partial charge is 0.389 e. The fourth-order valence-corrected chi connectivity index (χ4v) is 1.97. The minimum Gasteiger partial charge on any atom is -0.389 e. The minimum absolute atomic E-state index is 0.161. The van der Waals surface area contributed by atoms with E-state index in [-0.39, 0.29) is 19.2 Å². The summed E-state index contributed by atoms with van der Waals surface area (Å²) in [5.41, 5.74) is 2.03. The Bertz CT molecular complexity index is 406. The van der Waals surface area contributed by atoms with Crippen LogP contribution in [-0.4, -0.2) is 37.5 Å². The third kappa shape index (κ3) is 7.68. The first-order valence-corrected chi connectivity index (χ1v) is 7.46. The number of benzene rings is 1. The van der Waals surface area contributed by atoms with Crippen LogP contribution < -0.4 is 10.6 Å². The number of amides is 2. The summed E-state index contributed by atoms with van der Waals surface area (Å²) in [6, 6.07) is 7.53. The van der Waals surface area contributed by atoms with Crippen molar-refractivity contribution in [3.05, 3.63) is 29.8 Å². The maximum absolute atomic E-state index is 11.6. The quantitative estimate of drug-likeness (QED) is 0.613. The van der Waals surface area contributed by atoms with E-state index in [1.54, 1.807) is 0 Å². The SMILES string of the molecule is CCCCCc1ccc(NC(=O)NCC(O)COC)cc1. The fraction of sp³-hybridized carbons (Fsp3) is 0.562. The van der Waals surface area contributed by atoms with E-state index in [1.807, 2.05) is 24.3 Å². The standard InChI is InChI=1S/C16H26N2O3/c1-3-4-5-6-13-7-9-14(10-8-13)18-16(20)17-11-15(19)12-21-2/h7-10,15,19H,3-6,11-12H2,1-2H3,(H2,17,18,20). The van der Waals surface area contributed by atoms with Gasteiger partial charge in [0.25, 0.3) is 0 Å². The predicted molar refractivity (Wildman–Crippen MR) is 84.6 cm³/mol.